The summed E-state index contributed by atoms with van der Waals surface area (Å²) in [7, 11) is 0. The predicted molar refractivity (Wildman–Crippen MR) is 163 cm³/mol. The van der Waals surface area contributed by atoms with Crippen molar-refractivity contribution in [2.75, 3.05) is 21.7 Å². The molecule has 0 aliphatic carbocycles. The number of amides is 5. The van der Waals surface area contributed by atoms with E-state index in [0.29, 0.717) is 32.7 Å². The summed E-state index contributed by atoms with van der Waals surface area (Å²) >= 11 is 18.3. The third kappa shape index (κ3) is 6.16. The lowest BCUT2D eigenvalue weighted by Gasteiger charge is -2.33. The first-order valence-electron chi connectivity index (χ1n) is 12.4. The van der Waals surface area contributed by atoms with E-state index >= 15 is 0 Å². The molecule has 1 aliphatic rings. The molecule has 8 nitrogen and oxygen atoms in total. The fourth-order valence-electron chi connectivity index (χ4n) is 4.14. The molecule has 5 amide bonds. The monoisotopic (exact) mass is 619 g/mol. The van der Waals surface area contributed by atoms with Crippen LogP contribution in [-0.2, 0) is 14.4 Å². The number of ether oxygens (including phenoxy) is 1. The highest BCUT2D eigenvalue weighted by Gasteiger charge is 2.43. The first-order chi connectivity index (χ1) is 20.2. The number of benzene rings is 4. The highest BCUT2D eigenvalue weighted by molar-refractivity contribution is 6.46. The van der Waals surface area contributed by atoms with Gasteiger partial charge in [0.1, 0.15) is 11.3 Å². The van der Waals surface area contributed by atoms with Crippen LogP contribution in [0.5, 0.6) is 5.75 Å². The molecule has 0 radical (unpaired) electrons. The van der Waals surface area contributed by atoms with Crippen LogP contribution in [-0.4, -0.2) is 30.4 Å². The number of para-hydroxylation sites is 2. The quantitative estimate of drug-likeness (QED) is 0.173. The molecule has 0 bridgehead atoms. The van der Waals surface area contributed by atoms with Gasteiger partial charge in [0.2, 0.25) is 0 Å². The molecule has 4 aromatic rings. The molecule has 5 rings (SSSR count). The number of urea groups is 1. The molecule has 0 atom stereocenters. The van der Waals surface area contributed by atoms with Crippen LogP contribution in [0.1, 0.15) is 5.56 Å². The number of halogens is 3. The van der Waals surface area contributed by atoms with Crippen molar-refractivity contribution in [3.63, 3.8) is 0 Å². The first kappa shape index (κ1) is 28.9. The van der Waals surface area contributed by atoms with Gasteiger partial charge < -0.3 is 10.1 Å². The number of barbiturate groups is 1. The topological polar surface area (TPSA) is 96.0 Å². The number of nitrogens with one attached hydrogen (secondary N) is 1. The molecule has 1 fully saturated rings. The minimum Gasteiger partial charge on any atom is -0.482 e. The van der Waals surface area contributed by atoms with Gasteiger partial charge in [-0.05, 0) is 66.2 Å². The largest absolute Gasteiger partial charge is 0.482 e. The number of imide groups is 2. The maximum Gasteiger partial charge on any atom is 0.343 e. The molecule has 4 aromatic carbocycles. The molecular weight excluding hydrogens is 601 g/mol. The third-order valence-corrected chi connectivity index (χ3v) is 7.14. The van der Waals surface area contributed by atoms with Crippen molar-refractivity contribution < 1.29 is 23.9 Å². The van der Waals surface area contributed by atoms with Crippen LogP contribution in [0.4, 0.5) is 21.9 Å². The second-order valence-electron chi connectivity index (χ2n) is 8.95. The Kier molecular flexibility index (Phi) is 8.59. The zero-order valence-electron chi connectivity index (χ0n) is 21.6. The fourth-order valence-corrected chi connectivity index (χ4v) is 4.69. The van der Waals surface area contributed by atoms with Crippen molar-refractivity contribution in [3.05, 3.63) is 123 Å². The van der Waals surface area contributed by atoms with Gasteiger partial charge in [-0.1, -0.05) is 77.3 Å². The van der Waals surface area contributed by atoms with Crippen LogP contribution in [0.25, 0.3) is 6.08 Å². The maximum atomic E-state index is 13.5. The van der Waals surface area contributed by atoms with Crippen LogP contribution in [0.2, 0.25) is 15.1 Å². The Bertz CT molecular complexity index is 1670. The minimum atomic E-state index is -0.791. The van der Waals surface area contributed by atoms with Crippen molar-refractivity contribution >= 4 is 81.7 Å². The first-order valence-corrected chi connectivity index (χ1v) is 13.6. The Morgan fingerprint density at radius 1 is 0.714 bits per heavy atom. The summed E-state index contributed by atoms with van der Waals surface area (Å²) in [6.07, 6.45) is 1.36. The molecule has 0 aromatic heterocycles. The number of anilines is 3. The molecule has 11 heteroatoms. The number of hydrogen-bond acceptors (Lipinski definition) is 5. The number of carbonyl (C=O) groups is 4. The van der Waals surface area contributed by atoms with Gasteiger partial charge in [0.25, 0.3) is 17.7 Å². The lowest BCUT2D eigenvalue weighted by molar-refractivity contribution is -0.121. The maximum absolute atomic E-state index is 13.5. The lowest BCUT2D eigenvalue weighted by atomic mass is 10.0. The number of rotatable bonds is 7. The smallest absolute Gasteiger partial charge is 0.343 e. The van der Waals surface area contributed by atoms with Crippen LogP contribution in [0.3, 0.4) is 0 Å². The number of carbonyl (C=O) groups excluding carboxylic acids is 4. The van der Waals surface area contributed by atoms with Gasteiger partial charge in [0.05, 0.1) is 26.4 Å². The van der Waals surface area contributed by atoms with E-state index in [1.54, 1.807) is 78.9 Å². The highest BCUT2D eigenvalue weighted by Crippen LogP contribution is 2.31. The Labute approximate surface area is 255 Å². The SMILES string of the molecule is O=C(COc1ccc(C=C2C(=O)N(c3ccccc3)C(=O)N(c3ccccc3)C2=O)cc1Cl)Nc1ccc(Cl)c(Cl)c1. The summed E-state index contributed by atoms with van der Waals surface area (Å²) in [5.74, 6) is -1.81. The lowest BCUT2D eigenvalue weighted by Crippen LogP contribution is -2.57. The highest BCUT2D eigenvalue weighted by atomic mass is 35.5. The van der Waals surface area contributed by atoms with Crippen LogP contribution >= 0.6 is 34.8 Å². The summed E-state index contributed by atoms with van der Waals surface area (Å²) in [6, 6.07) is 25.1. The van der Waals surface area contributed by atoms with Crippen molar-refractivity contribution in [1.82, 2.24) is 0 Å². The van der Waals surface area contributed by atoms with Gasteiger partial charge >= 0.3 is 6.03 Å². The molecule has 0 unspecified atom stereocenters. The van der Waals surface area contributed by atoms with Crippen LogP contribution in [0, 0.1) is 0 Å². The molecule has 1 N–H and O–H groups in total. The molecular formula is C31H20Cl3N3O5. The van der Waals surface area contributed by atoms with Gasteiger partial charge in [-0.15, -0.1) is 0 Å². The van der Waals surface area contributed by atoms with Gasteiger partial charge in [-0.2, -0.15) is 0 Å². The normalized spacial score (nSPS) is 13.3. The predicted octanol–water partition coefficient (Wildman–Crippen LogP) is 7.25. The fraction of sp³-hybridized carbons (Fsp3) is 0.0323. The van der Waals surface area contributed by atoms with Crippen molar-refractivity contribution in [3.8, 4) is 5.75 Å². The van der Waals surface area contributed by atoms with Crippen molar-refractivity contribution in [2.24, 2.45) is 0 Å². The van der Waals surface area contributed by atoms with Crippen molar-refractivity contribution in [2.45, 2.75) is 0 Å². The summed E-state index contributed by atoms with van der Waals surface area (Å²) in [5.41, 5.74) is 1.23. The zero-order chi connectivity index (χ0) is 29.8. The van der Waals surface area contributed by atoms with Crippen LogP contribution < -0.4 is 19.9 Å². The number of hydrogen-bond donors (Lipinski definition) is 1. The Balaban J connectivity index is 1.38. The van der Waals surface area contributed by atoms with E-state index in [2.05, 4.69) is 5.32 Å². The van der Waals surface area contributed by atoms with Gasteiger partial charge in [0.15, 0.2) is 6.61 Å². The molecule has 210 valence electrons. The average Bonchev–Trinajstić information content (AvgIpc) is 2.98. The molecule has 1 aliphatic heterocycles. The molecule has 42 heavy (non-hydrogen) atoms. The second-order valence-corrected chi connectivity index (χ2v) is 10.2. The van der Waals surface area contributed by atoms with Gasteiger partial charge in [-0.3, -0.25) is 14.4 Å². The Morgan fingerprint density at radius 3 is 1.86 bits per heavy atom. The standard InChI is InChI=1S/C31H20Cl3N3O5/c32-24-13-12-20(17-25(24)33)35-28(38)18-42-27-14-11-19(16-26(27)34)15-23-29(39)36(21-7-3-1-4-8-21)31(41)37(30(23)40)22-9-5-2-6-10-22/h1-17H,18H2,(H,35,38). The van der Waals surface area contributed by atoms with Crippen LogP contribution in [0.15, 0.2) is 103 Å². The Hall–Kier alpha value is -4.63. The molecule has 0 spiro atoms. The van der Waals surface area contributed by atoms with E-state index in [1.165, 1.54) is 24.3 Å². The molecule has 0 saturated carbocycles. The number of nitrogens with zero attached hydrogens (tertiary/aromatic N) is 2. The Morgan fingerprint density at radius 2 is 1.31 bits per heavy atom. The summed E-state index contributed by atoms with van der Waals surface area (Å²) < 4.78 is 5.56. The molecule has 1 saturated heterocycles. The van der Waals surface area contributed by atoms with E-state index in [9.17, 15) is 19.2 Å². The van der Waals surface area contributed by atoms with E-state index in [4.69, 9.17) is 39.5 Å². The summed E-state index contributed by atoms with van der Waals surface area (Å²) in [6.45, 7) is -0.350. The van der Waals surface area contributed by atoms with Gasteiger partial charge in [-0.25, -0.2) is 14.6 Å². The van der Waals surface area contributed by atoms with E-state index in [-0.39, 0.29) is 23.0 Å². The zero-order valence-corrected chi connectivity index (χ0v) is 23.9. The van der Waals surface area contributed by atoms with Crippen molar-refractivity contribution in [1.29, 1.82) is 0 Å². The summed E-state index contributed by atoms with van der Waals surface area (Å²) in [4.78, 5) is 54.7. The third-order valence-electron chi connectivity index (χ3n) is 6.11. The van der Waals surface area contributed by atoms with E-state index in [0.717, 1.165) is 9.80 Å². The second kappa shape index (κ2) is 12.5. The summed E-state index contributed by atoms with van der Waals surface area (Å²) in [5, 5.41) is 3.43. The molecule has 1 heterocycles. The minimum absolute atomic E-state index is 0.137. The van der Waals surface area contributed by atoms with Gasteiger partial charge in [0, 0.05) is 5.69 Å². The van der Waals surface area contributed by atoms with E-state index in [1.807, 2.05) is 0 Å². The van der Waals surface area contributed by atoms with E-state index < -0.39 is 23.8 Å². The average molecular weight is 621 g/mol.